The standard InChI is InChI=1S/C14H17BrN2O/c1-17(9-11(15)10-18-2)14-7-8-16-13-6-4-3-5-12(13)14/h3-8,11H,9-10H2,1-2H3. The summed E-state index contributed by atoms with van der Waals surface area (Å²) in [7, 11) is 3.81. The Hall–Kier alpha value is -1.13. The third-order valence-corrected chi connectivity index (χ3v) is 3.41. The van der Waals surface area contributed by atoms with Gasteiger partial charge in [0.15, 0.2) is 0 Å². The quantitative estimate of drug-likeness (QED) is 0.794. The van der Waals surface area contributed by atoms with Gasteiger partial charge in [0, 0.05) is 38.0 Å². The molecular weight excluding hydrogens is 292 g/mol. The van der Waals surface area contributed by atoms with Crippen molar-refractivity contribution in [3.63, 3.8) is 0 Å². The Kier molecular flexibility index (Phi) is 4.55. The third kappa shape index (κ3) is 3.00. The average molecular weight is 309 g/mol. The smallest absolute Gasteiger partial charge is 0.0722 e. The normalized spacial score (nSPS) is 12.6. The fourth-order valence-electron chi connectivity index (χ4n) is 2.04. The maximum Gasteiger partial charge on any atom is 0.0722 e. The van der Waals surface area contributed by atoms with Crippen LogP contribution in [0.1, 0.15) is 0 Å². The summed E-state index contributed by atoms with van der Waals surface area (Å²) in [6, 6.07) is 10.2. The van der Waals surface area contributed by atoms with E-state index in [1.54, 1.807) is 7.11 Å². The van der Waals surface area contributed by atoms with Gasteiger partial charge in [0.2, 0.25) is 0 Å². The number of alkyl halides is 1. The second-order valence-electron chi connectivity index (χ2n) is 4.28. The molecule has 0 saturated heterocycles. The molecule has 1 heterocycles. The zero-order valence-electron chi connectivity index (χ0n) is 10.6. The first-order chi connectivity index (χ1) is 8.72. The molecule has 0 N–H and O–H groups in total. The summed E-state index contributed by atoms with van der Waals surface area (Å²) in [5.74, 6) is 0. The summed E-state index contributed by atoms with van der Waals surface area (Å²) < 4.78 is 5.14. The van der Waals surface area contributed by atoms with Crippen molar-refractivity contribution in [3.8, 4) is 0 Å². The maximum absolute atomic E-state index is 5.14. The lowest BCUT2D eigenvalue weighted by atomic mass is 10.1. The minimum absolute atomic E-state index is 0.319. The Labute approximate surface area is 116 Å². The van der Waals surface area contributed by atoms with Gasteiger partial charge in [-0.25, -0.2) is 0 Å². The van der Waals surface area contributed by atoms with E-state index in [-0.39, 0.29) is 0 Å². The van der Waals surface area contributed by atoms with Gasteiger partial charge >= 0.3 is 0 Å². The fraction of sp³-hybridized carbons (Fsp3) is 0.357. The Morgan fingerprint density at radius 2 is 2.11 bits per heavy atom. The first-order valence-electron chi connectivity index (χ1n) is 5.90. The van der Waals surface area contributed by atoms with Gasteiger partial charge < -0.3 is 9.64 Å². The lowest BCUT2D eigenvalue weighted by molar-refractivity contribution is 0.202. The predicted octanol–water partition coefficient (Wildman–Crippen LogP) is 3.08. The van der Waals surface area contributed by atoms with E-state index in [9.17, 15) is 0 Å². The van der Waals surface area contributed by atoms with Crippen LogP contribution in [0.4, 0.5) is 5.69 Å². The average Bonchev–Trinajstić information content (AvgIpc) is 2.38. The molecule has 18 heavy (non-hydrogen) atoms. The van der Waals surface area contributed by atoms with Gasteiger partial charge in [-0.2, -0.15) is 0 Å². The summed E-state index contributed by atoms with van der Waals surface area (Å²) in [4.78, 5) is 6.92. The van der Waals surface area contributed by atoms with Gasteiger partial charge in [0.1, 0.15) is 0 Å². The molecule has 0 aliphatic carbocycles. The number of ether oxygens (including phenoxy) is 1. The van der Waals surface area contributed by atoms with Crippen LogP contribution < -0.4 is 4.90 Å². The highest BCUT2D eigenvalue weighted by Gasteiger charge is 2.11. The Bertz CT molecular complexity index is 513. The van der Waals surface area contributed by atoms with Crippen LogP contribution in [0.2, 0.25) is 0 Å². The monoisotopic (exact) mass is 308 g/mol. The molecule has 0 spiro atoms. The van der Waals surface area contributed by atoms with Crippen molar-refractivity contribution in [2.75, 3.05) is 32.2 Å². The number of hydrogen-bond donors (Lipinski definition) is 0. The fourth-order valence-corrected chi connectivity index (χ4v) is 2.74. The number of aromatic nitrogens is 1. The molecule has 0 aliphatic heterocycles. The Morgan fingerprint density at radius 1 is 1.33 bits per heavy atom. The zero-order chi connectivity index (χ0) is 13.0. The number of fused-ring (bicyclic) bond motifs is 1. The first kappa shape index (κ1) is 13.3. The molecule has 2 aromatic rings. The van der Waals surface area contributed by atoms with Gasteiger partial charge in [-0.3, -0.25) is 4.98 Å². The van der Waals surface area contributed by atoms with Crippen LogP contribution in [-0.2, 0) is 4.74 Å². The van der Waals surface area contributed by atoms with Crippen LogP contribution in [0.15, 0.2) is 36.5 Å². The molecule has 96 valence electrons. The van der Waals surface area contributed by atoms with E-state index < -0.39 is 0 Å². The van der Waals surface area contributed by atoms with Crippen molar-refractivity contribution < 1.29 is 4.74 Å². The molecule has 3 nitrogen and oxygen atoms in total. The molecule has 0 bridgehead atoms. The van der Waals surface area contributed by atoms with Crippen LogP contribution in [0.25, 0.3) is 10.9 Å². The van der Waals surface area contributed by atoms with E-state index in [2.05, 4.69) is 45.0 Å². The second kappa shape index (κ2) is 6.16. The number of nitrogens with zero attached hydrogens (tertiary/aromatic N) is 2. The number of benzene rings is 1. The summed E-state index contributed by atoms with van der Waals surface area (Å²) in [5, 5.41) is 1.18. The van der Waals surface area contributed by atoms with Crippen LogP contribution >= 0.6 is 15.9 Å². The molecule has 0 amide bonds. The van der Waals surface area contributed by atoms with Crippen LogP contribution in [0.3, 0.4) is 0 Å². The van der Waals surface area contributed by atoms with E-state index >= 15 is 0 Å². The van der Waals surface area contributed by atoms with Gasteiger partial charge in [-0.15, -0.1) is 0 Å². The van der Waals surface area contributed by atoms with Crippen molar-refractivity contribution in [1.29, 1.82) is 0 Å². The lowest BCUT2D eigenvalue weighted by Gasteiger charge is -2.23. The second-order valence-corrected chi connectivity index (χ2v) is 5.58. The molecular formula is C14H17BrN2O. The number of pyridine rings is 1. The van der Waals surface area contributed by atoms with E-state index in [4.69, 9.17) is 4.74 Å². The molecule has 1 unspecified atom stereocenters. The predicted molar refractivity (Wildman–Crippen MR) is 79.6 cm³/mol. The van der Waals surface area contributed by atoms with Crippen molar-refractivity contribution in [2.24, 2.45) is 0 Å². The van der Waals surface area contributed by atoms with Crippen LogP contribution in [0, 0.1) is 0 Å². The summed E-state index contributed by atoms with van der Waals surface area (Å²) in [5.41, 5.74) is 2.22. The van der Waals surface area contributed by atoms with Crippen molar-refractivity contribution in [1.82, 2.24) is 4.98 Å². The van der Waals surface area contributed by atoms with Gasteiger partial charge in [-0.05, 0) is 12.1 Å². The number of hydrogen-bond acceptors (Lipinski definition) is 3. The van der Waals surface area contributed by atoms with Gasteiger partial charge in [0.05, 0.1) is 17.0 Å². The number of rotatable bonds is 5. The molecule has 0 saturated carbocycles. The lowest BCUT2D eigenvalue weighted by Crippen LogP contribution is -2.28. The zero-order valence-corrected chi connectivity index (χ0v) is 12.2. The minimum Gasteiger partial charge on any atom is -0.383 e. The topological polar surface area (TPSA) is 25.4 Å². The number of halogens is 1. The third-order valence-electron chi connectivity index (χ3n) is 2.86. The summed E-state index contributed by atoms with van der Waals surface area (Å²) in [6.45, 7) is 1.59. The van der Waals surface area contributed by atoms with E-state index in [0.717, 1.165) is 12.1 Å². The molecule has 4 heteroatoms. The van der Waals surface area contributed by atoms with E-state index in [1.165, 1.54) is 11.1 Å². The van der Waals surface area contributed by atoms with Crippen LogP contribution in [-0.4, -0.2) is 37.1 Å². The highest BCUT2D eigenvalue weighted by atomic mass is 79.9. The Balaban J connectivity index is 2.24. The molecule has 0 radical (unpaired) electrons. The first-order valence-corrected chi connectivity index (χ1v) is 6.82. The largest absolute Gasteiger partial charge is 0.383 e. The van der Waals surface area contributed by atoms with E-state index in [1.807, 2.05) is 24.4 Å². The highest BCUT2D eigenvalue weighted by molar-refractivity contribution is 9.09. The molecule has 1 atom stereocenters. The highest BCUT2D eigenvalue weighted by Crippen LogP contribution is 2.24. The molecule has 0 fully saturated rings. The summed E-state index contributed by atoms with van der Waals surface area (Å²) >= 11 is 3.62. The number of para-hydroxylation sites is 1. The van der Waals surface area contributed by atoms with Crippen molar-refractivity contribution in [2.45, 2.75) is 4.83 Å². The van der Waals surface area contributed by atoms with Gasteiger partial charge in [-0.1, -0.05) is 34.1 Å². The van der Waals surface area contributed by atoms with Gasteiger partial charge in [0.25, 0.3) is 0 Å². The number of anilines is 1. The molecule has 2 rings (SSSR count). The Morgan fingerprint density at radius 3 is 2.89 bits per heavy atom. The minimum atomic E-state index is 0.319. The van der Waals surface area contributed by atoms with Crippen molar-refractivity contribution in [3.05, 3.63) is 36.5 Å². The number of methoxy groups -OCH3 is 1. The maximum atomic E-state index is 5.14. The molecule has 1 aromatic carbocycles. The SMILES string of the molecule is COCC(Br)CN(C)c1ccnc2ccccc12. The van der Waals surface area contributed by atoms with E-state index in [0.29, 0.717) is 11.4 Å². The van der Waals surface area contributed by atoms with Crippen molar-refractivity contribution >= 4 is 32.5 Å². The van der Waals surface area contributed by atoms with Crippen LogP contribution in [0.5, 0.6) is 0 Å². The molecule has 0 aliphatic rings. The molecule has 1 aromatic heterocycles. The summed E-state index contributed by atoms with van der Waals surface area (Å²) in [6.07, 6.45) is 1.85.